The van der Waals surface area contributed by atoms with Gasteiger partial charge in [0.05, 0.1) is 16.2 Å². The van der Waals surface area contributed by atoms with Crippen LogP contribution in [0.1, 0.15) is 11.3 Å². The molecule has 0 saturated heterocycles. The number of aromatic amines is 1. The predicted octanol–water partition coefficient (Wildman–Crippen LogP) is -1.14. The van der Waals surface area contributed by atoms with Crippen LogP contribution in [0.3, 0.4) is 0 Å². The molecule has 0 fully saturated rings. The molecule has 0 amide bonds. The number of aromatic nitrogens is 1. The Hall–Kier alpha value is -0.885. The van der Waals surface area contributed by atoms with E-state index in [2.05, 4.69) is 47.9 Å². The van der Waals surface area contributed by atoms with Crippen molar-refractivity contribution in [2.75, 3.05) is 0 Å². The van der Waals surface area contributed by atoms with E-state index in [1.807, 2.05) is 0 Å². The monoisotopic (exact) mass is 408 g/mol. The van der Waals surface area contributed by atoms with Crippen LogP contribution in [0.25, 0.3) is 10.9 Å². The minimum Gasteiger partial charge on any atom is -0.353 e. The average molecular weight is 408 g/mol. The second kappa shape index (κ2) is 6.58. The fourth-order valence-electron chi connectivity index (χ4n) is 3.10. The van der Waals surface area contributed by atoms with Gasteiger partial charge in [-0.3, -0.25) is 0 Å². The summed E-state index contributed by atoms with van der Waals surface area (Å²) in [5.74, 6) is 0. The number of nitrogens with one attached hydrogen (secondary N) is 1. The molecule has 0 spiro atoms. The van der Waals surface area contributed by atoms with Crippen LogP contribution in [0.15, 0.2) is 25.7 Å². The van der Waals surface area contributed by atoms with Crippen molar-refractivity contribution in [3.05, 3.63) is 17.3 Å². The van der Waals surface area contributed by atoms with E-state index >= 15 is 0 Å². The minimum atomic E-state index is 0.302. The van der Waals surface area contributed by atoms with Crippen molar-refractivity contribution in [2.45, 2.75) is 14.7 Å². The highest BCUT2D eigenvalue weighted by atomic mass is 32.1. The Labute approximate surface area is 185 Å². The van der Waals surface area contributed by atoms with Crippen LogP contribution in [0.2, 0.25) is 0 Å². The Morgan fingerprint density at radius 1 is 0.852 bits per heavy atom. The van der Waals surface area contributed by atoms with Crippen LogP contribution in [0.4, 0.5) is 5.69 Å². The van der Waals surface area contributed by atoms with E-state index in [9.17, 15) is 0 Å². The highest BCUT2D eigenvalue weighted by Gasteiger charge is 2.30. The van der Waals surface area contributed by atoms with Gasteiger partial charge in [-0.15, -0.1) is 48.8 Å². The van der Waals surface area contributed by atoms with Gasteiger partial charge in [0, 0.05) is 31.2 Å². The number of hydrogen-bond acceptors (Lipinski definition) is 5. The van der Waals surface area contributed by atoms with Crippen molar-refractivity contribution in [3.63, 3.8) is 0 Å². The molecule has 1 aliphatic rings. The number of thiocarbonyl (C=S) groups is 1. The molecule has 118 valence electrons. The second-order valence-corrected chi connectivity index (χ2v) is 7.85. The molecular weight excluding hydrogens is 403 g/mol. The van der Waals surface area contributed by atoms with Crippen molar-refractivity contribution in [1.29, 1.82) is 0 Å². The number of H-pyrrole nitrogens is 1. The quantitative estimate of drug-likeness (QED) is 0.229. The van der Waals surface area contributed by atoms with Crippen LogP contribution >= 0.6 is 50.1 Å². The lowest BCUT2D eigenvalue weighted by atomic mass is 9.71. The van der Waals surface area contributed by atoms with Crippen molar-refractivity contribution in [2.24, 2.45) is 4.99 Å². The maximum Gasteiger partial charge on any atom is 0.118 e. The fourth-order valence-corrected chi connectivity index (χ4v) is 4.25. The van der Waals surface area contributed by atoms with Gasteiger partial charge in [-0.25, -0.2) is 4.99 Å². The summed E-state index contributed by atoms with van der Waals surface area (Å²) in [6.07, 6.45) is 0. The van der Waals surface area contributed by atoms with E-state index in [1.165, 1.54) is 0 Å². The summed E-state index contributed by atoms with van der Waals surface area (Å²) in [6.45, 7) is 0. The zero-order chi connectivity index (χ0) is 19.8. The number of benzene rings is 2. The maximum atomic E-state index is 6.19. The number of hydrogen-bond donors (Lipinski definition) is 4. The Kier molecular flexibility index (Phi) is 4.74. The zero-order valence-electron chi connectivity index (χ0n) is 13.7. The number of rotatable bonds is 1. The Morgan fingerprint density at radius 2 is 1.48 bits per heavy atom. The molecule has 0 saturated carbocycles. The lowest BCUT2D eigenvalue weighted by Crippen LogP contribution is -2.39. The SMILES string of the molecule is [B]c1cc2c(S)c(C3=Nc4c([B])c(S)c(S)c([B])c4C3=S)[nH]c2c([B])c1[B]. The fraction of sp³-hybridized carbons (Fsp3) is 0. The van der Waals surface area contributed by atoms with Gasteiger partial charge >= 0.3 is 0 Å². The van der Waals surface area contributed by atoms with Crippen LogP contribution < -0.4 is 27.3 Å². The van der Waals surface area contributed by atoms with Crippen molar-refractivity contribution >= 4 is 144 Å². The topological polar surface area (TPSA) is 28.1 Å². The van der Waals surface area contributed by atoms with Gasteiger partial charge in [0.2, 0.25) is 0 Å². The van der Waals surface area contributed by atoms with Gasteiger partial charge in [0.15, 0.2) is 0 Å². The van der Waals surface area contributed by atoms with Crippen molar-refractivity contribution < 1.29 is 0 Å². The van der Waals surface area contributed by atoms with E-state index < -0.39 is 0 Å². The number of nitrogens with zero attached hydrogens (tertiary/aromatic N) is 1. The number of aliphatic imine (C=N–C) groups is 1. The molecule has 10 radical (unpaired) electrons. The Morgan fingerprint density at radius 3 is 2.15 bits per heavy atom. The summed E-state index contributed by atoms with van der Waals surface area (Å²) in [4.78, 5) is 9.73. The smallest absolute Gasteiger partial charge is 0.118 e. The van der Waals surface area contributed by atoms with Crippen LogP contribution in [0, 0.1) is 0 Å². The summed E-state index contributed by atoms with van der Waals surface area (Å²) in [6, 6.07) is 1.70. The summed E-state index contributed by atoms with van der Waals surface area (Å²) in [5.41, 5.74) is 4.41. The summed E-state index contributed by atoms with van der Waals surface area (Å²) < 4.78 is 0. The Bertz CT molecular complexity index is 1230. The molecule has 0 atom stereocenters. The number of fused-ring (bicyclic) bond motifs is 2. The first kappa shape index (κ1) is 19.4. The van der Waals surface area contributed by atoms with Gasteiger partial charge < -0.3 is 4.98 Å². The summed E-state index contributed by atoms with van der Waals surface area (Å²) in [7, 11) is 30.3. The van der Waals surface area contributed by atoms with Crippen LogP contribution in [-0.2, 0) is 0 Å². The molecule has 1 aromatic heterocycles. The molecule has 2 heterocycles. The third kappa shape index (κ3) is 2.65. The minimum absolute atomic E-state index is 0.302. The van der Waals surface area contributed by atoms with Gasteiger partial charge in [-0.05, 0) is 0 Å². The van der Waals surface area contributed by atoms with E-state index in [0.717, 1.165) is 0 Å². The molecule has 0 bridgehead atoms. The van der Waals surface area contributed by atoms with Gasteiger partial charge in [0.25, 0.3) is 0 Å². The van der Waals surface area contributed by atoms with Crippen LogP contribution in [-0.4, -0.2) is 54.8 Å². The first-order chi connectivity index (χ1) is 12.6. The highest BCUT2D eigenvalue weighted by molar-refractivity contribution is 7.84. The summed E-state index contributed by atoms with van der Waals surface area (Å²) >= 11 is 19.0. The van der Waals surface area contributed by atoms with E-state index in [1.54, 1.807) is 6.07 Å². The molecule has 2 nitrogen and oxygen atoms in total. The number of thiol groups is 3. The van der Waals surface area contributed by atoms with E-state index in [0.29, 0.717) is 80.4 Å². The van der Waals surface area contributed by atoms with Crippen molar-refractivity contribution in [1.82, 2.24) is 4.98 Å². The lowest BCUT2D eigenvalue weighted by molar-refractivity contribution is 1.33. The first-order valence-electron chi connectivity index (χ1n) is 7.59. The van der Waals surface area contributed by atoms with E-state index in [4.69, 9.17) is 51.4 Å². The normalized spacial score (nSPS) is 13.3. The molecule has 3 aromatic rings. The van der Waals surface area contributed by atoms with Gasteiger partial charge in [-0.1, -0.05) is 34.7 Å². The van der Waals surface area contributed by atoms with Crippen molar-refractivity contribution in [3.8, 4) is 0 Å². The highest BCUT2D eigenvalue weighted by Crippen LogP contribution is 2.33. The lowest BCUT2D eigenvalue weighted by Gasteiger charge is -2.13. The zero-order valence-corrected chi connectivity index (χ0v) is 17.2. The molecule has 1 aliphatic heterocycles. The molecule has 2 aromatic carbocycles. The third-order valence-corrected chi connectivity index (χ3v) is 6.55. The molecule has 27 heavy (non-hydrogen) atoms. The molecular formula is C16H5B5N2S4. The average Bonchev–Trinajstić information content (AvgIpc) is 3.14. The van der Waals surface area contributed by atoms with Crippen LogP contribution in [0.5, 0.6) is 0 Å². The maximum absolute atomic E-state index is 6.19. The second-order valence-electron chi connectivity index (χ2n) is 6.10. The molecule has 1 N–H and O–H groups in total. The molecule has 0 aliphatic carbocycles. The van der Waals surface area contributed by atoms with E-state index in [-0.39, 0.29) is 0 Å². The molecule has 4 rings (SSSR count). The largest absolute Gasteiger partial charge is 0.353 e. The first-order valence-corrected chi connectivity index (χ1v) is 9.34. The predicted molar refractivity (Wildman–Crippen MR) is 131 cm³/mol. The molecule has 0 unspecified atom stereocenters. The molecule has 11 heteroatoms. The van der Waals surface area contributed by atoms with Gasteiger partial charge in [-0.2, -0.15) is 0 Å². The summed E-state index contributed by atoms with van der Waals surface area (Å²) in [5, 5.41) is 0.713. The van der Waals surface area contributed by atoms with Gasteiger partial charge in [0.1, 0.15) is 44.9 Å². The third-order valence-electron chi connectivity index (χ3n) is 4.58. The Balaban J connectivity index is 2.00. The standard InChI is InChI=1S/C16H5B5N2S4/c17-3-1-2-9(7(20)5(3)18)22-11(13(2)24)12-14(25)4-6(19)15(26)16(27)8(21)10(4)23-12/h1,22,24,26-27H.